The lowest BCUT2D eigenvalue weighted by atomic mass is 10.1. The van der Waals surface area contributed by atoms with Crippen molar-refractivity contribution in [2.75, 3.05) is 13.2 Å². The molecular formula is C21H21N3O7S. The number of carbonyl (C=O) groups is 3. The highest BCUT2D eigenvalue weighted by Crippen LogP contribution is 2.21. The highest BCUT2D eigenvalue weighted by molar-refractivity contribution is 8.04. The molecule has 0 spiro atoms. The van der Waals surface area contributed by atoms with Gasteiger partial charge in [0, 0.05) is 0 Å². The summed E-state index contributed by atoms with van der Waals surface area (Å²) in [6, 6.07) is 16.7. The Morgan fingerprint density at radius 1 is 0.844 bits per heavy atom. The van der Waals surface area contributed by atoms with Crippen LogP contribution in [0, 0.1) is 0 Å². The summed E-state index contributed by atoms with van der Waals surface area (Å²) < 4.78 is 35.5. The van der Waals surface area contributed by atoms with Crippen molar-refractivity contribution in [1.82, 2.24) is 14.7 Å². The van der Waals surface area contributed by atoms with Gasteiger partial charge in [-0.05, 0) is 24.0 Å². The summed E-state index contributed by atoms with van der Waals surface area (Å²) in [5.41, 5.74) is 1.67. The van der Waals surface area contributed by atoms with Gasteiger partial charge in [-0.15, -0.1) is 4.83 Å². The largest absolute Gasteiger partial charge is 0.447 e. The second-order valence-electron chi connectivity index (χ2n) is 7.44. The standard InChI is InChI=1S/C21H21N3O7S/c25-19-23(17(13-30-19)11-15-7-3-1-4-8-15)21(27)32(28,29)22-24-18(14-31-20(24)26)12-16-9-5-2-6-10-16/h1-10,17-18,22H,11-14H2/t17-,18-/m0/s1. The van der Waals surface area contributed by atoms with Gasteiger partial charge in [0.05, 0.1) is 12.1 Å². The van der Waals surface area contributed by atoms with E-state index in [9.17, 15) is 22.8 Å². The molecule has 0 unspecified atom stereocenters. The summed E-state index contributed by atoms with van der Waals surface area (Å²) in [5.74, 6) is 0. The molecule has 2 aromatic carbocycles. The lowest BCUT2D eigenvalue weighted by Gasteiger charge is -2.24. The van der Waals surface area contributed by atoms with Crippen LogP contribution >= 0.6 is 0 Å². The summed E-state index contributed by atoms with van der Waals surface area (Å²) in [7, 11) is -4.78. The van der Waals surface area contributed by atoms with E-state index in [1.54, 1.807) is 24.3 Å². The van der Waals surface area contributed by atoms with Crippen molar-refractivity contribution >= 4 is 27.4 Å². The van der Waals surface area contributed by atoms with E-state index in [-0.39, 0.29) is 19.6 Å². The van der Waals surface area contributed by atoms with Crippen LogP contribution in [0.5, 0.6) is 0 Å². The minimum absolute atomic E-state index is 0.0488. The average Bonchev–Trinajstić information content (AvgIpc) is 3.31. The maximum Gasteiger partial charge on any atom is 0.425 e. The van der Waals surface area contributed by atoms with Gasteiger partial charge >= 0.3 is 27.4 Å². The van der Waals surface area contributed by atoms with Gasteiger partial charge in [0.2, 0.25) is 0 Å². The zero-order chi connectivity index (χ0) is 22.7. The summed E-state index contributed by atoms with van der Waals surface area (Å²) >= 11 is 0. The van der Waals surface area contributed by atoms with E-state index in [1.807, 2.05) is 41.2 Å². The third-order valence-electron chi connectivity index (χ3n) is 5.20. The smallest absolute Gasteiger partial charge is 0.425 e. The molecule has 168 valence electrons. The van der Waals surface area contributed by atoms with Crippen LogP contribution in [-0.4, -0.2) is 61.0 Å². The Morgan fingerprint density at radius 3 is 1.94 bits per heavy atom. The number of rotatable bonds is 6. The number of hydrazine groups is 1. The molecule has 0 radical (unpaired) electrons. The molecule has 2 saturated heterocycles. The molecule has 32 heavy (non-hydrogen) atoms. The molecule has 0 aromatic heterocycles. The minimum Gasteiger partial charge on any atom is -0.447 e. The number of hydrogen-bond acceptors (Lipinski definition) is 7. The second-order valence-corrected chi connectivity index (χ2v) is 8.98. The zero-order valence-corrected chi connectivity index (χ0v) is 17.7. The molecule has 2 aliphatic heterocycles. The molecule has 0 saturated carbocycles. The molecule has 2 aromatic rings. The molecule has 10 nitrogen and oxygen atoms in total. The molecule has 4 rings (SSSR count). The summed E-state index contributed by atoms with van der Waals surface area (Å²) in [5, 5.41) is -0.715. The van der Waals surface area contributed by atoms with Gasteiger partial charge in [-0.3, -0.25) is 4.79 Å². The number of carbonyl (C=O) groups excluding carboxylic acids is 3. The van der Waals surface area contributed by atoms with E-state index in [2.05, 4.69) is 0 Å². The van der Waals surface area contributed by atoms with Crippen molar-refractivity contribution in [2.24, 2.45) is 0 Å². The quantitative estimate of drug-likeness (QED) is 0.702. The second kappa shape index (κ2) is 8.97. The summed E-state index contributed by atoms with van der Waals surface area (Å²) in [6.07, 6.45) is -1.43. The monoisotopic (exact) mass is 459 g/mol. The Hall–Kier alpha value is -3.44. The fourth-order valence-corrected chi connectivity index (χ4v) is 4.67. The van der Waals surface area contributed by atoms with Gasteiger partial charge in [-0.2, -0.15) is 0 Å². The summed E-state index contributed by atoms with van der Waals surface area (Å²) in [4.78, 5) is 39.7. The normalized spacial score (nSPS) is 20.9. The van der Waals surface area contributed by atoms with Crippen LogP contribution in [0.1, 0.15) is 11.1 Å². The first-order chi connectivity index (χ1) is 15.3. The van der Waals surface area contributed by atoms with E-state index >= 15 is 0 Å². The molecule has 2 atom stereocenters. The molecule has 2 heterocycles. The SMILES string of the molecule is O=C1OC[C@H](Cc2ccccc2)N1NS(=O)(=O)C(=O)N1C(=O)OC[C@@H]1Cc1ccccc1. The molecular weight excluding hydrogens is 438 g/mol. The van der Waals surface area contributed by atoms with Gasteiger partial charge in [0.1, 0.15) is 13.2 Å². The first-order valence-electron chi connectivity index (χ1n) is 9.91. The number of nitrogens with zero attached hydrogens (tertiary/aromatic N) is 2. The number of ether oxygens (including phenoxy) is 2. The maximum atomic E-state index is 12.8. The number of sulfonamides is 1. The minimum atomic E-state index is -4.78. The Labute approximate surface area is 184 Å². The van der Waals surface area contributed by atoms with Gasteiger partial charge in [-0.1, -0.05) is 60.7 Å². The van der Waals surface area contributed by atoms with E-state index in [0.717, 1.165) is 16.1 Å². The van der Waals surface area contributed by atoms with Crippen molar-refractivity contribution in [3.63, 3.8) is 0 Å². The Kier molecular flexibility index (Phi) is 6.10. The van der Waals surface area contributed by atoms with Crippen LogP contribution in [0.15, 0.2) is 60.7 Å². The molecule has 2 fully saturated rings. The maximum absolute atomic E-state index is 12.8. The Morgan fingerprint density at radius 2 is 1.34 bits per heavy atom. The van der Waals surface area contributed by atoms with Crippen molar-refractivity contribution in [2.45, 2.75) is 24.9 Å². The fourth-order valence-electron chi connectivity index (χ4n) is 3.63. The Bertz CT molecular complexity index is 1110. The van der Waals surface area contributed by atoms with Gasteiger partial charge in [0.25, 0.3) is 0 Å². The fraction of sp³-hybridized carbons (Fsp3) is 0.286. The van der Waals surface area contributed by atoms with Crippen LogP contribution in [0.25, 0.3) is 0 Å². The predicted molar refractivity (Wildman–Crippen MR) is 112 cm³/mol. The first kappa shape index (κ1) is 21.8. The molecule has 3 amide bonds. The van der Waals surface area contributed by atoms with Crippen molar-refractivity contribution in [1.29, 1.82) is 0 Å². The molecule has 0 bridgehead atoms. The highest BCUT2D eigenvalue weighted by Gasteiger charge is 2.46. The number of cyclic esters (lactones) is 2. The number of hydrogen-bond donors (Lipinski definition) is 1. The van der Waals surface area contributed by atoms with Crippen LogP contribution in [0.4, 0.5) is 14.4 Å². The molecule has 1 N–H and O–H groups in total. The van der Waals surface area contributed by atoms with Crippen LogP contribution in [0.2, 0.25) is 0 Å². The molecule has 11 heteroatoms. The van der Waals surface area contributed by atoms with Crippen LogP contribution in [-0.2, 0) is 32.3 Å². The number of nitrogens with one attached hydrogen (secondary N) is 1. The van der Waals surface area contributed by atoms with Gasteiger partial charge in [0.15, 0.2) is 0 Å². The van der Waals surface area contributed by atoms with Gasteiger partial charge < -0.3 is 9.47 Å². The Balaban J connectivity index is 1.49. The van der Waals surface area contributed by atoms with Crippen LogP contribution in [0.3, 0.4) is 0 Å². The third kappa shape index (κ3) is 4.58. The van der Waals surface area contributed by atoms with Crippen molar-refractivity contribution in [3.05, 3.63) is 71.8 Å². The lowest BCUT2D eigenvalue weighted by Crippen LogP contribution is -2.54. The van der Waals surface area contributed by atoms with E-state index < -0.39 is 39.5 Å². The van der Waals surface area contributed by atoms with Crippen LogP contribution < -0.4 is 4.83 Å². The zero-order valence-electron chi connectivity index (χ0n) is 16.9. The predicted octanol–water partition coefficient (Wildman–Crippen LogP) is 2.07. The average molecular weight is 459 g/mol. The number of imide groups is 1. The third-order valence-corrected chi connectivity index (χ3v) is 6.29. The number of amides is 3. The van der Waals surface area contributed by atoms with Crippen molar-refractivity contribution < 1.29 is 32.3 Å². The van der Waals surface area contributed by atoms with E-state index in [4.69, 9.17) is 9.47 Å². The molecule has 2 aliphatic rings. The highest BCUT2D eigenvalue weighted by atomic mass is 32.2. The summed E-state index contributed by atoms with van der Waals surface area (Å²) in [6.45, 7) is -0.176. The van der Waals surface area contributed by atoms with Gasteiger partial charge in [-0.25, -0.2) is 27.9 Å². The first-order valence-corrected chi connectivity index (χ1v) is 11.4. The number of benzene rings is 2. The van der Waals surface area contributed by atoms with E-state index in [0.29, 0.717) is 11.3 Å². The van der Waals surface area contributed by atoms with E-state index in [1.165, 1.54) is 0 Å². The van der Waals surface area contributed by atoms with Crippen molar-refractivity contribution in [3.8, 4) is 0 Å². The molecule has 0 aliphatic carbocycles. The lowest BCUT2D eigenvalue weighted by molar-refractivity contribution is 0.152. The topological polar surface area (TPSA) is 122 Å².